The quantitative estimate of drug-likeness (QED) is 0.846. The van der Waals surface area contributed by atoms with Crippen LogP contribution < -0.4 is 5.32 Å². The fourth-order valence-electron chi connectivity index (χ4n) is 3.05. The topological polar surface area (TPSA) is 66.4 Å². The first-order valence-corrected chi connectivity index (χ1v) is 7.62. The first-order chi connectivity index (χ1) is 10.0. The molecule has 0 bridgehead atoms. The van der Waals surface area contributed by atoms with Crippen molar-refractivity contribution in [3.63, 3.8) is 0 Å². The lowest BCUT2D eigenvalue weighted by atomic mass is 9.63. The third kappa shape index (κ3) is 2.55. The molecule has 4 heteroatoms. The normalized spacial score (nSPS) is 16.9. The number of hydrogen-bond donors (Lipinski definition) is 2. The van der Waals surface area contributed by atoms with E-state index in [9.17, 15) is 14.7 Å². The van der Waals surface area contributed by atoms with Crippen molar-refractivity contribution in [2.75, 3.05) is 0 Å². The van der Waals surface area contributed by atoms with Gasteiger partial charge in [0.15, 0.2) is 0 Å². The van der Waals surface area contributed by atoms with E-state index in [0.29, 0.717) is 12.8 Å². The number of carboxylic acids is 1. The third-order valence-electron chi connectivity index (χ3n) is 4.94. The molecule has 0 unspecified atom stereocenters. The zero-order valence-corrected chi connectivity index (χ0v) is 12.7. The Morgan fingerprint density at radius 1 is 1.19 bits per heavy atom. The van der Waals surface area contributed by atoms with Crippen LogP contribution >= 0.6 is 0 Å². The highest BCUT2D eigenvalue weighted by Crippen LogP contribution is 2.44. The van der Waals surface area contributed by atoms with Gasteiger partial charge in [0, 0.05) is 0 Å². The maximum absolute atomic E-state index is 12.8. The molecular weight excluding hydrogens is 266 g/mol. The van der Waals surface area contributed by atoms with Crippen LogP contribution in [-0.2, 0) is 15.0 Å². The van der Waals surface area contributed by atoms with Gasteiger partial charge in [0.1, 0.15) is 5.54 Å². The summed E-state index contributed by atoms with van der Waals surface area (Å²) < 4.78 is 0. The van der Waals surface area contributed by atoms with Gasteiger partial charge in [0.2, 0.25) is 5.91 Å². The molecule has 1 aromatic carbocycles. The fourth-order valence-corrected chi connectivity index (χ4v) is 3.05. The molecule has 114 valence electrons. The number of hydrogen-bond acceptors (Lipinski definition) is 2. The molecule has 2 rings (SSSR count). The van der Waals surface area contributed by atoms with Crippen molar-refractivity contribution in [3.8, 4) is 0 Å². The summed E-state index contributed by atoms with van der Waals surface area (Å²) in [6, 6.07) is 9.69. The zero-order valence-electron chi connectivity index (χ0n) is 12.7. The Morgan fingerprint density at radius 2 is 1.76 bits per heavy atom. The van der Waals surface area contributed by atoms with Crippen LogP contribution in [0.25, 0.3) is 0 Å². The SMILES string of the molecule is CCC(CC)(NC(=O)C1(c2ccccc2)CCC1)C(=O)O. The van der Waals surface area contributed by atoms with Gasteiger partial charge >= 0.3 is 5.97 Å². The summed E-state index contributed by atoms with van der Waals surface area (Å²) in [6.45, 7) is 3.60. The second-order valence-corrected chi connectivity index (χ2v) is 5.85. The van der Waals surface area contributed by atoms with E-state index >= 15 is 0 Å². The van der Waals surface area contributed by atoms with Gasteiger partial charge in [-0.15, -0.1) is 0 Å². The number of nitrogens with one attached hydrogen (secondary N) is 1. The third-order valence-corrected chi connectivity index (χ3v) is 4.94. The second-order valence-electron chi connectivity index (χ2n) is 5.85. The minimum absolute atomic E-state index is 0.147. The molecule has 0 atom stereocenters. The van der Waals surface area contributed by atoms with Gasteiger partial charge < -0.3 is 10.4 Å². The summed E-state index contributed by atoms with van der Waals surface area (Å²) in [4.78, 5) is 24.4. The first kappa shape index (κ1) is 15.5. The van der Waals surface area contributed by atoms with Crippen LogP contribution in [-0.4, -0.2) is 22.5 Å². The Hall–Kier alpha value is -1.84. The number of rotatable bonds is 6. The second kappa shape index (κ2) is 5.88. The van der Waals surface area contributed by atoms with E-state index in [2.05, 4.69) is 5.32 Å². The molecule has 0 radical (unpaired) electrons. The molecule has 0 aromatic heterocycles. The molecule has 4 nitrogen and oxygen atoms in total. The van der Waals surface area contributed by atoms with Crippen molar-refractivity contribution in [2.24, 2.45) is 0 Å². The zero-order chi connectivity index (χ0) is 15.5. The van der Waals surface area contributed by atoms with Crippen LogP contribution in [0.15, 0.2) is 30.3 Å². The summed E-state index contributed by atoms with van der Waals surface area (Å²) in [7, 11) is 0. The van der Waals surface area contributed by atoms with Gasteiger partial charge in [0.05, 0.1) is 5.41 Å². The molecule has 1 saturated carbocycles. The van der Waals surface area contributed by atoms with Crippen molar-refractivity contribution in [1.82, 2.24) is 5.32 Å². The summed E-state index contributed by atoms with van der Waals surface area (Å²) >= 11 is 0. The predicted octanol–water partition coefficient (Wildman–Crippen LogP) is 2.87. The molecule has 1 amide bonds. The van der Waals surface area contributed by atoms with E-state index in [-0.39, 0.29) is 5.91 Å². The Kier molecular flexibility index (Phi) is 4.35. The van der Waals surface area contributed by atoms with Gasteiger partial charge in [-0.2, -0.15) is 0 Å². The molecule has 1 aliphatic rings. The molecule has 21 heavy (non-hydrogen) atoms. The molecule has 2 N–H and O–H groups in total. The van der Waals surface area contributed by atoms with Crippen molar-refractivity contribution in [3.05, 3.63) is 35.9 Å². The average molecular weight is 289 g/mol. The Morgan fingerprint density at radius 3 is 2.14 bits per heavy atom. The van der Waals surface area contributed by atoms with Crippen LogP contribution in [0.3, 0.4) is 0 Å². The Labute approximate surface area is 125 Å². The smallest absolute Gasteiger partial charge is 0.329 e. The Bertz CT molecular complexity index is 516. The van der Waals surface area contributed by atoms with Crippen LogP contribution in [0.1, 0.15) is 51.5 Å². The molecular formula is C17H23NO3. The van der Waals surface area contributed by atoms with Crippen molar-refractivity contribution in [1.29, 1.82) is 0 Å². The summed E-state index contributed by atoms with van der Waals surface area (Å²) in [5, 5.41) is 12.3. The van der Waals surface area contributed by atoms with Crippen LogP contribution in [0, 0.1) is 0 Å². The molecule has 1 fully saturated rings. The largest absolute Gasteiger partial charge is 0.480 e. The van der Waals surface area contributed by atoms with Gasteiger partial charge in [-0.3, -0.25) is 4.79 Å². The Balaban J connectivity index is 2.28. The highest BCUT2D eigenvalue weighted by molar-refractivity contribution is 5.94. The van der Waals surface area contributed by atoms with E-state index in [1.165, 1.54) is 0 Å². The van der Waals surface area contributed by atoms with Gasteiger partial charge in [0.25, 0.3) is 0 Å². The minimum atomic E-state index is -1.16. The minimum Gasteiger partial charge on any atom is -0.480 e. The van der Waals surface area contributed by atoms with Crippen LogP contribution in [0.4, 0.5) is 0 Å². The van der Waals surface area contributed by atoms with Crippen LogP contribution in [0.5, 0.6) is 0 Å². The monoisotopic (exact) mass is 289 g/mol. The lowest BCUT2D eigenvalue weighted by Crippen LogP contribution is -2.60. The highest BCUT2D eigenvalue weighted by Gasteiger charge is 2.49. The number of amides is 1. The number of benzene rings is 1. The van der Waals surface area contributed by atoms with E-state index in [4.69, 9.17) is 0 Å². The number of carbonyl (C=O) groups is 2. The molecule has 0 spiro atoms. The molecule has 0 saturated heterocycles. The van der Waals surface area contributed by atoms with Gasteiger partial charge in [-0.1, -0.05) is 50.6 Å². The van der Waals surface area contributed by atoms with Crippen molar-refractivity contribution in [2.45, 2.75) is 56.9 Å². The maximum atomic E-state index is 12.8. The van der Waals surface area contributed by atoms with Gasteiger partial charge in [-0.25, -0.2) is 4.79 Å². The van der Waals surface area contributed by atoms with Crippen LogP contribution in [0.2, 0.25) is 0 Å². The molecule has 0 heterocycles. The van der Waals surface area contributed by atoms with E-state index < -0.39 is 16.9 Å². The average Bonchev–Trinajstić information content (AvgIpc) is 2.44. The lowest BCUT2D eigenvalue weighted by Gasteiger charge is -2.43. The van der Waals surface area contributed by atoms with E-state index in [0.717, 1.165) is 24.8 Å². The van der Waals surface area contributed by atoms with E-state index in [1.807, 2.05) is 30.3 Å². The molecule has 1 aliphatic carbocycles. The number of carboxylic acid groups (broad SMARTS) is 1. The standard InChI is InChI=1S/C17H23NO3/c1-3-17(4-2,15(20)21)18-14(19)16(11-8-12-16)13-9-6-5-7-10-13/h5-7,9-10H,3-4,8,11-12H2,1-2H3,(H,18,19)(H,20,21). The van der Waals surface area contributed by atoms with Gasteiger partial charge in [-0.05, 0) is 31.2 Å². The first-order valence-electron chi connectivity index (χ1n) is 7.62. The van der Waals surface area contributed by atoms with E-state index in [1.54, 1.807) is 13.8 Å². The summed E-state index contributed by atoms with van der Waals surface area (Å²) in [6.07, 6.45) is 3.34. The van der Waals surface area contributed by atoms with Crippen molar-refractivity contribution < 1.29 is 14.7 Å². The predicted molar refractivity (Wildman–Crippen MR) is 81.1 cm³/mol. The molecule has 1 aromatic rings. The van der Waals surface area contributed by atoms with Crippen molar-refractivity contribution >= 4 is 11.9 Å². The summed E-state index contributed by atoms with van der Waals surface area (Å²) in [5.74, 6) is -1.10. The number of carbonyl (C=O) groups excluding carboxylic acids is 1. The summed E-state index contributed by atoms with van der Waals surface area (Å²) in [5.41, 5.74) is -0.721. The number of aliphatic carboxylic acids is 1. The fraction of sp³-hybridized carbons (Fsp3) is 0.529. The lowest BCUT2D eigenvalue weighted by molar-refractivity contribution is -0.150. The highest BCUT2D eigenvalue weighted by atomic mass is 16.4. The molecule has 0 aliphatic heterocycles. The maximum Gasteiger partial charge on any atom is 0.329 e.